The van der Waals surface area contributed by atoms with Crippen LogP contribution in [0.1, 0.15) is 0 Å². The average molecular weight is 627 g/mol. The van der Waals surface area contributed by atoms with Crippen molar-refractivity contribution in [1.82, 2.24) is 4.57 Å². The highest BCUT2D eigenvalue weighted by molar-refractivity contribution is 6.27. The molecule has 230 valence electrons. The molecule has 0 amide bonds. The zero-order chi connectivity index (χ0) is 32.3. The van der Waals surface area contributed by atoms with Crippen LogP contribution < -0.4 is 4.90 Å². The molecule has 3 nitrogen and oxygen atoms in total. The third kappa shape index (κ3) is 4.44. The monoisotopic (exact) mass is 626 g/mol. The molecule has 0 aliphatic carbocycles. The van der Waals surface area contributed by atoms with Gasteiger partial charge in [0.1, 0.15) is 11.2 Å². The van der Waals surface area contributed by atoms with Crippen LogP contribution in [0.15, 0.2) is 187 Å². The SMILES string of the molecule is c1ccc(N(c2ccccc2)c2ccc(-c3cc4cc5ccn(-c6ccccc6)c5cc4c4c3ccc3c5ccccc5oc34)cc2)cc1. The van der Waals surface area contributed by atoms with Crippen LogP contribution in [0.2, 0.25) is 0 Å². The van der Waals surface area contributed by atoms with Gasteiger partial charge < -0.3 is 13.9 Å². The maximum absolute atomic E-state index is 6.71. The Balaban J connectivity index is 1.21. The van der Waals surface area contributed by atoms with Gasteiger partial charge in [0.2, 0.25) is 0 Å². The van der Waals surface area contributed by atoms with E-state index in [1.165, 1.54) is 32.6 Å². The summed E-state index contributed by atoms with van der Waals surface area (Å²) in [5.74, 6) is 0. The Morgan fingerprint density at radius 1 is 0.449 bits per heavy atom. The molecule has 0 N–H and O–H groups in total. The first kappa shape index (κ1) is 27.5. The number of aromatic nitrogens is 1. The summed E-state index contributed by atoms with van der Waals surface area (Å²) in [5.41, 5.74) is 9.85. The molecule has 49 heavy (non-hydrogen) atoms. The minimum Gasteiger partial charge on any atom is -0.455 e. The summed E-state index contributed by atoms with van der Waals surface area (Å²) in [4.78, 5) is 2.30. The van der Waals surface area contributed by atoms with Crippen LogP contribution in [0.25, 0.3) is 71.2 Å². The lowest BCUT2D eigenvalue weighted by Gasteiger charge is -2.25. The van der Waals surface area contributed by atoms with Gasteiger partial charge in [0.05, 0.1) is 5.52 Å². The molecule has 0 aliphatic heterocycles. The number of rotatable bonds is 5. The van der Waals surface area contributed by atoms with Crippen LogP contribution >= 0.6 is 0 Å². The average Bonchev–Trinajstić information content (AvgIpc) is 3.76. The molecule has 3 heteroatoms. The standard InChI is InChI=1S/C46H30N2O/c1-4-12-34(13-5-1)47-27-26-32-28-33-29-41(31-20-22-37(23-21-31)48(35-14-6-2-7-15-35)36-16-8-3-9-17-36)39-24-25-40-38-18-10-11-19-44(38)49-46(40)45(39)42(33)30-43(32)47/h1-30H. The van der Waals surface area contributed by atoms with Gasteiger partial charge in [-0.15, -0.1) is 0 Å². The van der Waals surface area contributed by atoms with Gasteiger partial charge in [0.25, 0.3) is 0 Å². The predicted octanol–water partition coefficient (Wildman–Crippen LogP) is 13.0. The molecule has 8 aromatic carbocycles. The first-order valence-corrected chi connectivity index (χ1v) is 16.7. The number of para-hydroxylation sites is 4. The topological polar surface area (TPSA) is 21.3 Å². The van der Waals surface area contributed by atoms with E-state index in [0.29, 0.717) is 0 Å². The highest BCUT2D eigenvalue weighted by atomic mass is 16.3. The van der Waals surface area contributed by atoms with Crippen molar-refractivity contribution in [3.63, 3.8) is 0 Å². The second-order valence-corrected chi connectivity index (χ2v) is 12.6. The summed E-state index contributed by atoms with van der Waals surface area (Å²) in [6, 6.07) is 62.7. The Labute approximate surface area is 283 Å². The van der Waals surface area contributed by atoms with Crippen LogP contribution in [0.4, 0.5) is 17.1 Å². The van der Waals surface area contributed by atoms with Crippen molar-refractivity contribution < 1.29 is 4.42 Å². The molecule has 0 atom stereocenters. The second-order valence-electron chi connectivity index (χ2n) is 12.6. The number of nitrogens with zero attached hydrogens (tertiary/aromatic N) is 2. The van der Waals surface area contributed by atoms with E-state index < -0.39 is 0 Å². The van der Waals surface area contributed by atoms with Crippen LogP contribution in [-0.2, 0) is 0 Å². The molecular formula is C46H30N2O. The van der Waals surface area contributed by atoms with Gasteiger partial charge in [-0.1, -0.05) is 91.0 Å². The van der Waals surface area contributed by atoms with Gasteiger partial charge in [0.15, 0.2) is 0 Å². The van der Waals surface area contributed by atoms with Gasteiger partial charge in [-0.3, -0.25) is 0 Å². The molecule has 0 bridgehead atoms. The van der Waals surface area contributed by atoms with E-state index >= 15 is 0 Å². The van der Waals surface area contributed by atoms with E-state index in [1.807, 2.05) is 6.07 Å². The normalized spacial score (nSPS) is 11.7. The summed E-state index contributed by atoms with van der Waals surface area (Å²) in [5, 5.41) is 8.16. The van der Waals surface area contributed by atoms with E-state index in [9.17, 15) is 0 Å². The third-order valence-electron chi connectivity index (χ3n) is 9.77. The Kier molecular flexibility index (Phi) is 6.18. The molecule has 10 aromatic rings. The number of anilines is 3. The summed E-state index contributed by atoms with van der Waals surface area (Å²) in [6.45, 7) is 0. The quantitative estimate of drug-likeness (QED) is 0.177. The highest BCUT2D eigenvalue weighted by Crippen LogP contribution is 2.44. The van der Waals surface area contributed by atoms with Crippen molar-refractivity contribution in [2.45, 2.75) is 0 Å². The highest BCUT2D eigenvalue weighted by Gasteiger charge is 2.18. The number of benzene rings is 8. The third-order valence-corrected chi connectivity index (χ3v) is 9.77. The van der Waals surface area contributed by atoms with Gasteiger partial charge in [0, 0.05) is 50.5 Å². The molecule has 2 aromatic heterocycles. The molecule has 0 spiro atoms. The molecule has 0 radical (unpaired) electrons. The van der Waals surface area contributed by atoms with E-state index in [4.69, 9.17) is 4.42 Å². The first-order valence-electron chi connectivity index (χ1n) is 16.7. The number of hydrogen-bond donors (Lipinski definition) is 0. The number of furan rings is 1. The molecular weight excluding hydrogens is 597 g/mol. The molecule has 0 saturated carbocycles. The molecule has 0 unspecified atom stereocenters. The largest absolute Gasteiger partial charge is 0.455 e. The van der Waals surface area contributed by atoms with Crippen LogP contribution in [0.3, 0.4) is 0 Å². The Hall–Kier alpha value is -6.58. The first-order chi connectivity index (χ1) is 24.3. The number of fused-ring (bicyclic) bond motifs is 8. The lowest BCUT2D eigenvalue weighted by molar-refractivity contribution is 0.673. The molecule has 2 heterocycles. The van der Waals surface area contributed by atoms with Crippen molar-refractivity contribution in [3.05, 3.63) is 182 Å². The summed E-state index contributed by atoms with van der Waals surface area (Å²) in [6.07, 6.45) is 2.17. The van der Waals surface area contributed by atoms with Crippen LogP contribution in [0.5, 0.6) is 0 Å². The van der Waals surface area contributed by atoms with Crippen molar-refractivity contribution in [1.29, 1.82) is 0 Å². The molecule has 0 aliphatic rings. The van der Waals surface area contributed by atoms with Crippen LogP contribution in [0, 0.1) is 0 Å². The fraction of sp³-hybridized carbons (Fsp3) is 0. The minimum atomic E-state index is 0.906. The Bertz CT molecular complexity index is 2760. The summed E-state index contributed by atoms with van der Waals surface area (Å²) >= 11 is 0. The lowest BCUT2D eigenvalue weighted by atomic mass is 9.91. The van der Waals surface area contributed by atoms with E-state index in [0.717, 1.165) is 55.6 Å². The van der Waals surface area contributed by atoms with E-state index in [1.54, 1.807) is 0 Å². The second kappa shape index (κ2) is 11.0. The van der Waals surface area contributed by atoms with E-state index in [-0.39, 0.29) is 0 Å². The van der Waals surface area contributed by atoms with Crippen molar-refractivity contribution in [2.75, 3.05) is 4.90 Å². The van der Waals surface area contributed by atoms with E-state index in [2.05, 4.69) is 186 Å². The Morgan fingerprint density at radius 3 is 1.82 bits per heavy atom. The Morgan fingerprint density at radius 2 is 1.08 bits per heavy atom. The molecule has 0 saturated heterocycles. The van der Waals surface area contributed by atoms with Crippen molar-refractivity contribution in [2.24, 2.45) is 0 Å². The van der Waals surface area contributed by atoms with Gasteiger partial charge in [-0.05, 0) is 112 Å². The zero-order valence-electron chi connectivity index (χ0n) is 26.6. The smallest absolute Gasteiger partial charge is 0.143 e. The van der Waals surface area contributed by atoms with Crippen molar-refractivity contribution >= 4 is 71.4 Å². The van der Waals surface area contributed by atoms with Crippen molar-refractivity contribution in [3.8, 4) is 16.8 Å². The van der Waals surface area contributed by atoms with Gasteiger partial charge >= 0.3 is 0 Å². The minimum absolute atomic E-state index is 0.906. The molecule has 0 fully saturated rings. The number of hydrogen-bond acceptors (Lipinski definition) is 2. The van der Waals surface area contributed by atoms with Gasteiger partial charge in [-0.25, -0.2) is 0 Å². The fourth-order valence-electron chi connectivity index (χ4n) is 7.49. The van der Waals surface area contributed by atoms with Gasteiger partial charge in [-0.2, -0.15) is 0 Å². The predicted molar refractivity (Wildman–Crippen MR) is 206 cm³/mol. The maximum Gasteiger partial charge on any atom is 0.143 e. The summed E-state index contributed by atoms with van der Waals surface area (Å²) < 4.78 is 8.98. The molecule has 10 rings (SSSR count). The lowest BCUT2D eigenvalue weighted by Crippen LogP contribution is -2.09. The van der Waals surface area contributed by atoms with Crippen LogP contribution in [-0.4, -0.2) is 4.57 Å². The fourth-order valence-corrected chi connectivity index (χ4v) is 7.49. The maximum atomic E-state index is 6.71. The summed E-state index contributed by atoms with van der Waals surface area (Å²) in [7, 11) is 0. The zero-order valence-corrected chi connectivity index (χ0v) is 26.6.